The third-order valence-electron chi connectivity index (χ3n) is 5.11. The van der Waals surface area contributed by atoms with Gasteiger partial charge in [0.05, 0.1) is 12.1 Å². The van der Waals surface area contributed by atoms with Crippen LogP contribution in [0, 0.1) is 6.92 Å². The molecule has 0 saturated heterocycles. The minimum atomic E-state index is -0.209. The Hall–Kier alpha value is -3.68. The Morgan fingerprint density at radius 3 is 2.63 bits per heavy atom. The molecule has 3 aromatic heterocycles. The maximum absolute atomic E-state index is 13.1. The molecule has 0 radical (unpaired) electrons. The molecule has 0 saturated carbocycles. The van der Waals surface area contributed by atoms with E-state index in [4.69, 9.17) is 0 Å². The van der Waals surface area contributed by atoms with Gasteiger partial charge >= 0.3 is 5.69 Å². The highest BCUT2D eigenvalue weighted by Crippen LogP contribution is 2.13. The first-order valence-corrected chi connectivity index (χ1v) is 9.98. The summed E-state index contributed by atoms with van der Waals surface area (Å²) in [6.45, 7) is 5.69. The largest absolute Gasteiger partial charge is 0.349 e. The molecule has 0 aliphatic carbocycles. The molecule has 3 heterocycles. The van der Waals surface area contributed by atoms with Gasteiger partial charge in [0, 0.05) is 32.0 Å². The first-order valence-electron chi connectivity index (χ1n) is 9.98. The molecule has 154 valence electrons. The van der Waals surface area contributed by atoms with Gasteiger partial charge in [-0.3, -0.25) is 18.6 Å². The van der Waals surface area contributed by atoms with Crippen LogP contribution >= 0.6 is 0 Å². The van der Waals surface area contributed by atoms with Gasteiger partial charge in [-0.05, 0) is 37.6 Å². The lowest BCUT2D eigenvalue weighted by atomic mass is 10.1. The highest BCUT2D eigenvalue weighted by molar-refractivity contribution is 5.92. The molecule has 1 aromatic carbocycles. The maximum Gasteiger partial charge on any atom is 0.330 e. The standard InChI is InChI=1S/C22H24N6O2/c1-3-28-19(10-12-25-28)21(29)24-13-14-26-20-18(5-4-11-23-20)27(22(26)30)15-17-8-6-16(2)7-9-17/h4-12H,3,13-15H2,1-2H3,(H,24,29). The van der Waals surface area contributed by atoms with E-state index in [-0.39, 0.29) is 11.6 Å². The molecule has 1 N–H and O–H groups in total. The second-order valence-electron chi connectivity index (χ2n) is 7.14. The fraction of sp³-hybridized carbons (Fsp3) is 0.273. The monoisotopic (exact) mass is 404 g/mol. The number of hydrogen-bond donors (Lipinski definition) is 1. The predicted octanol–water partition coefficient (Wildman–Crippen LogP) is 2.20. The third-order valence-corrected chi connectivity index (χ3v) is 5.11. The zero-order valence-electron chi connectivity index (χ0n) is 17.1. The summed E-state index contributed by atoms with van der Waals surface area (Å²) >= 11 is 0. The summed E-state index contributed by atoms with van der Waals surface area (Å²) in [4.78, 5) is 30.0. The number of rotatable bonds is 7. The van der Waals surface area contributed by atoms with Crippen molar-refractivity contribution in [2.45, 2.75) is 33.5 Å². The molecule has 1 amide bonds. The van der Waals surface area contributed by atoms with E-state index in [0.29, 0.717) is 37.5 Å². The van der Waals surface area contributed by atoms with Gasteiger partial charge in [-0.15, -0.1) is 0 Å². The number of amides is 1. The lowest BCUT2D eigenvalue weighted by molar-refractivity contribution is 0.0941. The number of imidazole rings is 1. The van der Waals surface area contributed by atoms with Crippen molar-refractivity contribution < 1.29 is 4.79 Å². The molecular formula is C22H24N6O2. The second-order valence-corrected chi connectivity index (χ2v) is 7.14. The highest BCUT2D eigenvalue weighted by Gasteiger charge is 2.15. The summed E-state index contributed by atoms with van der Waals surface area (Å²) in [5.74, 6) is -0.209. The van der Waals surface area contributed by atoms with Crippen LogP contribution in [0.25, 0.3) is 11.2 Å². The van der Waals surface area contributed by atoms with Crippen molar-refractivity contribution in [3.05, 3.63) is 82.2 Å². The number of aryl methyl sites for hydroxylation is 2. The maximum atomic E-state index is 13.1. The molecule has 4 aromatic rings. The van der Waals surface area contributed by atoms with E-state index < -0.39 is 0 Å². The summed E-state index contributed by atoms with van der Waals surface area (Å²) in [6, 6.07) is 13.5. The van der Waals surface area contributed by atoms with E-state index in [1.807, 2.05) is 50.2 Å². The number of nitrogens with one attached hydrogen (secondary N) is 1. The molecular weight excluding hydrogens is 380 g/mol. The number of pyridine rings is 1. The fourth-order valence-corrected chi connectivity index (χ4v) is 3.53. The Morgan fingerprint density at radius 1 is 1.07 bits per heavy atom. The van der Waals surface area contributed by atoms with Crippen LogP contribution in [0.1, 0.15) is 28.5 Å². The summed E-state index contributed by atoms with van der Waals surface area (Å²) in [5.41, 5.74) is 3.98. The van der Waals surface area contributed by atoms with Crippen molar-refractivity contribution in [2.24, 2.45) is 0 Å². The van der Waals surface area contributed by atoms with Crippen molar-refractivity contribution in [3.8, 4) is 0 Å². The van der Waals surface area contributed by atoms with Crippen molar-refractivity contribution >= 4 is 17.1 Å². The first kappa shape index (κ1) is 19.6. The van der Waals surface area contributed by atoms with Crippen LogP contribution in [0.2, 0.25) is 0 Å². The molecule has 0 unspecified atom stereocenters. The minimum Gasteiger partial charge on any atom is -0.349 e. The number of benzene rings is 1. The molecule has 0 fully saturated rings. The fourth-order valence-electron chi connectivity index (χ4n) is 3.53. The summed E-state index contributed by atoms with van der Waals surface area (Å²) in [6.07, 6.45) is 3.28. The SMILES string of the molecule is CCn1nccc1C(=O)NCCn1c(=O)n(Cc2ccc(C)cc2)c2cccnc21. The van der Waals surface area contributed by atoms with Gasteiger partial charge in [0.1, 0.15) is 5.69 Å². The number of carbonyl (C=O) groups is 1. The number of aromatic nitrogens is 5. The molecule has 8 nitrogen and oxygen atoms in total. The molecule has 30 heavy (non-hydrogen) atoms. The first-order chi connectivity index (χ1) is 14.6. The van der Waals surface area contributed by atoms with Gasteiger partial charge in [-0.1, -0.05) is 29.8 Å². The lowest BCUT2D eigenvalue weighted by Crippen LogP contribution is -2.32. The second kappa shape index (κ2) is 8.36. The predicted molar refractivity (Wildman–Crippen MR) is 115 cm³/mol. The molecule has 0 aliphatic rings. The number of fused-ring (bicyclic) bond motifs is 1. The van der Waals surface area contributed by atoms with E-state index in [1.165, 1.54) is 5.56 Å². The number of hydrogen-bond acceptors (Lipinski definition) is 4. The smallest absolute Gasteiger partial charge is 0.330 e. The topological polar surface area (TPSA) is 86.7 Å². The Labute approximate surface area is 173 Å². The Bertz CT molecular complexity index is 1230. The van der Waals surface area contributed by atoms with Crippen LogP contribution < -0.4 is 11.0 Å². The van der Waals surface area contributed by atoms with E-state index in [0.717, 1.165) is 11.1 Å². The van der Waals surface area contributed by atoms with E-state index >= 15 is 0 Å². The molecule has 8 heteroatoms. The molecule has 0 aliphatic heterocycles. The average molecular weight is 404 g/mol. The van der Waals surface area contributed by atoms with Crippen molar-refractivity contribution in [3.63, 3.8) is 0 Å². The Balaban J connectivity index is 1.55. The van der Waals surface area contributed by atoms with Crippen LogP contribution in [0.5, 0.6) is 0 Å². The number of nitrogens with zero attached hydrogens (tertiary/aromatic N) is 5. The molecule has 0 spiro atoms. The Kier molecular flexibility index (Phi) is 5.47. The van der Waals surface area contributed by atoms with Gasteiger partial charge in [-0.2, -0.15) is 5.10 Å². The van der Waals surface area contributed by atoms with Crippen LogP contribution in [0.4, 0.5) is 0 Å². The summed E-state index contributed by atoms with van der Waals surface area (Å²) < 4.78 is 4.97. The van der Waals surface area contributed by atoms with Gasteiger partial charge in [0.2, 0.25) is 0 Å². The number of carbonyl (C=O) groups excluding carboxylic acids is 1. The Morgan fingerprint density at radius 2 is 1.87 bits per heavy atom. The lowest BCUT2D eigenvalue weighted by Gasteiger charge is -2.07. The zero-order chi connectivity index (χ0) is 21.1. The minimum absolute atomic E-state index is 0.142. The highest BCUT2D eigenvalue weighted by atomic mass is 16.2. The zero-order valence-corrected chi connectivity index (χ0v) is 17.1. The molecule has 0 bridgehead atoms. The van der Waals surface area contributed by atoms with Crippen LogP contribution in [-0.4, -0.2) is 36.4 Å². The van der Waals surface area contributed by atoms with Crippen molar-refractivity contribution in [2.75, 3.05) is 6.54 Å². The van der Waals surface area contributed by atoms with Gasteiger partial charge < -0.3 is 5.32 Å². The van der Waals surface area contributed by atoms with Gasteiger partial charge in [0.15, 0.2) is 5.65 Å². The van der Waals surface area contributed by atoms with Crippen LogP contribution in [-0.2, 0) is 19.6 Å². The summed E-state index contributed by atoms with van der Waals surface area (Å²) in [5, 5.41) is 6.98. The van der Waals surface area contributed by atoms with Crippen molar-refractivity contribution in [1.29, 1.82) is 0 Å². The van der Waals surface area contributed by atoms with E-state index in [9.17, 15) is 9.59 Å². The summed E-state index contributed by atoms with van der Waals surface area (Å²) in [7, 11) is 0. The van der Waals surface area contributed by atoms with Crippen molar-refractivity contribution in [1.82, 2.24) is 29.2 Å². The molecule has 4 rings (SSSR count). The van der Waals surface area contributed by atoms with Gasteiger partial charge in [-0.25, -0.2) is 9.78 Å². The average Bonchev–Trinajstić information content (AvgIpc) is 3.34. The quantitative estimate of drug-likeness (QED) is 0.512. The van der Waals surface area contributed by atoms with E-state index in [1.54, 1.807) is 32.3 Å². The van der Waals surface area contributed by atoms with Crippen LogP contribution in [0.3, 0.4) is 0 Å². The van der Waals surface area contributed by atoms with E-state index in [2.05, 4.69) is 15.4 Å². The van der Waals surface area contributed by atoms with Crippen LogP contribution in [0.15, 0.2) is 59.7 Å². The molecule has 0 atom stereocenters. The van der Waals surface area contributed by atoms with Gasteiger partial charge in [0.25, 0.3) is 5.91 Å². The third kappa shape index (κ3) is 3.76. The normalized spacial score (nSPS) is 11.1.